The van der Waals surface area contributed by atoms with Gasteiger partial charge in [0.15, 0.2) is 0 Å². The van der Waals surface area contributed by atoms with Gasteiger partial charge in [-0.25, -0.2) is 4.79 Å². The van der Waals surface area contributed by atoms with E-state index in [2.05, 4.69) is 11.1 Å². The number of H-pyrrole nitrogens is 1. The van der Waals surface area contributed by atoms with Crippen molar-refractivity contribution >= 4 is 6.03 Å². The molecule has 1 atom stereocenters. The maximum Gasteiger partial charge on any atom is 0.320 e. The molecule has 18 heavy (non-hydrogen) atoms. The van der Waals surface area contributed by atoms with Gasteiger partial charge in [-0.2, -0.15) is 0 Å². The van der Waals surface area contributed by atoms with Gasteiger partial charge in [0, 0.05) is 31.5 Å². The molecule has 2 aliphatic heterocycles. The third-order valence-electron chi connectivity index (χ3n) is 3.76. The van der Waals surface area contributed by atoms with Gasteiger partial charge in [-0.05, 0) is 25.0 Å². The number of urea groups is 1. The first-order valence-corrected chi connectivity index (χ1v) is 6.63. The van der Waals surface area contributed by atoms with Gasteiger partial charge in [0.1, 0.15) is 0 Å². The summed E-state index contributed by atoms with van der Waals surface area (Å²) in [4.78, 5) is 19.6. The molecule has 98 valence electrons. The summed E-state index contributed by atoms with van der Waals surface area (Å²) in [6.45, 7) is 3.61. The number of hydrogen-bond donors (Lipinski definition) is 1. The molecule has 5 heteroatoms. The van der Waals surface area contributed by atoms with Crippen molar-refractivity contribution in [3.63, 3.8) is 0 Å². The summed E-state index contributed by atoms with van der Waals surface area (Å²) < 4.78 is 5.29. The highest BCUT2D eigenvalue weighted by Gasteiger charge is 2.33. The Labute approximate surface area is 107 Å². The predicted octanol–water partition coefficient (Wildman–Crippen LogP) is 1.60. The number of nitrogens with zero attached hydrogens (tertiary/aromatic N) is 2. The quantitative estimate of drug-likeness (QED) is 0.822. The second-order valence-corrected chi connectivity index (χ2v) is 4.86. The number of likely N-dealkylation sites (tertiary alicyclic amines) is 1. The summed E-state index contributed by atoms with van der Waals surface area (Å²) in [5, 5.41) is 0. The van der Waals surface area contributed by atoms with E-state index in [0.29, 0.717) is 26.3 Å². The molecule has 3 heterocycles. The van der Waals surface area contributed by atoms with Gasteiger partial charge in [0.2, 0.25) is 0 Å². The molecular weight excluding hydrogens is 230 g/mol. The predicted molar refractivity (Wildman–Crippen MR) is 67.3 cm³/mol. The number of amides is 2. The average molecular weight is 249 g/mol. The van der Waals surface area contributed by atoms with E-state index < -0.39 is 0 Å². The van der Waals surface area contributed by atoms with Crippen LogP contribution in [0.15, 0.2) is 18.3 Å². The zero-order chi connectivity index (χ0) is 12.4. The van der Waals surface area contributed by atoms with Crippen LogP contribution in [-0.4, -0.2) is 53.7 Å². The standard InChI is InChI=1S/C13H19N3O2/c17-13(15-7-9-18-10-8-15)16-6-2-4-12(16)11-3-1-5-14-11/h1,3,5,12,14H,2,4,6-10H2. The zero-order valence-corrected chi connectivity index (χ0v) is 10.5. The number of morpholine rings is 1. The maximum atomic E-state index is 12.5. The van der Waals surface area contributed by atoms with Crippen LogP contribution in [0.2, 0.25) is 0 Å². The lowest BCUT2D eigenvalue weighted by molar-refractivity contribution is 0.0420. The van der Waals surface area contributed by atoms with E-state index in [0.717, 1.165) is 25.1 Å². The van der Waals surface area contributed by atoms with Gasteiger partial charge in [0.25, 0.3) is 0 Å². The molecule has 2 amide bonds. The van der Waals surface area contributed by atoms with Crippen molar-refractivity contribution in [1.29, 1.82) is 0 Å². The summed E-state index contributed by atoms with van der Waals surface area (Å²) in [7, 11) is 0. The Hall–Kier alpha value is -1.49. The number of hydrogen-bond acceptors (Lipinski definition) is 2. The van der Waals surface area contributed by atoms with Crippen molar-refractivity contribution < 1.29 is 9.53 Å². The Kier molecular flexibility index (Phi) is 3.23. The molecule has 5 nitrogen and oxygen atoms in total. The smallest absolute Gasteiger partial charge is 0.320 e. The Morgan fingerprint density at radius 2 is 2.17 bits per heavy atom. The number of nitrogens with one attached hydrogen (secondary N) is 1. The van der Waals surface area contributed by atoms with Gasteiger partial charge < -0.3 is 19.5 Å². The summed E-state index contributed by atoms with van der Waals surface area (Å²) >= 11 is 0. The SMILES string of the molecule is O=C(N1CCOCC1)N1CCCC1c1ccc[nH]1. The normalized spacial score (nSPS) is 24.6. The summed E-state index contributed by atoms with van der Waals surface area (Å²) in [5.41, 5.74) is 1.15. The fraction of sp³-hybridized carbons (Fsp3) is 0.615. The molecule has 0 aromatic carbocycles. The van der Waals surface area contributed by atoms with Crippen LogP contribution in [0.5, 0.6) is 0 Å². The fourth-order valence-electron chi connectivity index (χ4n) is 2.81. The van der Waals surface area contributed by atoms with Crippen LogP contribution >= 0.6 is 0 Å². The van der Waals surface area contributed by atoms with Crippen LogP contribution in [0.3, 0.4) is 0 Å². The second-order valence-electron chi connectivity index (χ2n) is 4.86. The molecule has 2 fully saturated rings. The van der Waals surface area contributed by atoms with Crippen molar-refractivity contribution in [1.82, 2.24) is 14.8 Å². The highest BCUT2D eigenvalue weighted by Crippen LogP contribution is 2.31. The summed E-state index contributed by atoms with van der Waals surface area (Å²) in [5.74, 6) is 0. The molecule has 0 spiro atoms. The van der Waals surface area contributed by atoms with Crippen LogP contribution < -0.4 is 0 Å². The lowest BCUT2D eigenvalue weighted by Crippen LogP contribution is -2.47. The second kappa shape index (κ2) is 5.02. The van der Waals surface area contributed by atoms with Gasteiger partial charge in [-0.15, -0.1) is 0 Å². The molecule has 1 unspecified atom stereocenters. The van der Waals surface area contributed by atoms with E-state index in [4.69, 9.17) is 4.74 Å². The summed E-state index contributed by atoms with van der Waals surface area (Å²) in [6.07, 6.45) is 4.06. The first kappa shape index (κ1) is 11.6. The molecule has 2 aliphatic rings. The number of ether oxygens (including phenoxy) is 1. The minimum atomic E-state index is 0.162. The molecular formula is C13H19N3O2. The Balaban J connectivity index is 1.72. The lowest BCUT2D eigenvalue weighted by Gasteiger charge is -2.33. The number of aromatic amines is 1. The fourth-order valence-corrected chi connectivity index (χ4v) is 2.81. The molecule has 1 aromatic heterocycles. The molecule has 3 rings (SSSR count). The van der Waals surface area contributed by atoms with Crippen LogP contribution in [0.4, 0.5) is 4.79 Å². The van der Waals surface area contributed by atoms with Gasteiger partial charge >= 0.3 is 6.03 Å². The van der Waals surface area contributed by atoms with Crippen LogP contribution in [0.1, 0.15) is 24.6 Å². The minimum absolute atomic E-state index is 0.162. The molecule has 0 radical (unpaired) electrons. The molecule has 0 saturated carbocycles. The van der Waals surface area contributed by atoms with E-state index in [-0.39, 0.29) is 12.1 Å². The third-order valence-corrected chi connectivity index (χ3v) is 3.76. The molecule has 1 aromatic rings. The van der Waals surface area contributed by atoms with E-state index in [1.807, 2.05) is 22.1 Å². The Bertz CT molecular complexity index is 398. The van der Waals surface area contributed by atoms with Crippen molar-refractivity contribution in [3.05, 3.63) is 24.0 Å². The van der Waals surface area contributed by atoms with Gasteiger partial charge in [-0.1, -0.05) is 0 Å². The largest absolute Gasteiger partial charge is 0.378 e. The van der Waals surface area contributed by atoms with Crippen molar-refractivity contribution in [2.45, 2.75) is 18.9 Å². The van der Waals surface area contributed by atoms with Crippen molar-refractivity contribution in [3.8, 4) is 0 Å². The zero-order valence-electron chi connectivity index (χ0n) is 10.5. The number of carbonyl (C=O) groups is 1. The minimum Gasteiger partial charge on any atom is -0.378 e. The number of rotatable bonds is 1. The molecule has 0 aliphatic carbocycles. The number of carbonyl (C=O) groups excluding carboxylic acids is 1. The molecule has 1 N–H and O–H groups in total. The van der Waals surface area contributed by atoms with Gasteiger partial charge in [-0.3, -0.25) is 0 Å². The summed E-state index contributed by atoms with van der Waals surface area (Å²) in [6, 6.07) is 4.44. The highest BCUT2D eigenvalue weighted by atomic mass is 16.5. The van der Waals surface area contributed by atoms with Crippen LogP contribution in [0, 0.1) is 0 Å². The third kappa shape index (κ3) is 2.10. The number of aromatic nitrogens is 1. The van der Waals surface area contributed by atoms with E-state index in [1.165, 1.54) is 0 Å². The van der Waals surface area contributed by atoms with Crippen molar-refractivity contribution in [2.24, 2.45) is 0 Å². The Morgan fingerprint density at radius 3 is 2.89 bits per heavy atom. The van der Waals surface area contributed by atoms with E-state index >= 15 is 0 Å². The maximum absolute atomic E-state index is 12.5. The average Bonchev–Trinajstić information content (AvgIpc) is 3.09. The highest BCUT2D eigenvalue weighted by molar-refractivity contribution is 5.75. The topological polar surface area (TPSA) is 48.6 Å². The monoisotopic (exact) mass is 249 g/mol. The molecule has 2 saturated heterocycles. The first-order valence-electron chi connectivity index (χ1n) is 6.63. The van der Waals surface area contributed by atoms with Crippen molar-refractivity contribution in [2.75, 3.05) is 32.8 Å². The van der Waals surface area contributed by atoms with Gasteiger partial charge in [0.05, 0.1) is 19.3 Å². The van der Waals surface area contributed by atoms with E-state index in [1.54, 1.807) is 0 Å². The Morgan fingerprint density at radius 1 is 1.33 bits per heavy atom. The van der Waals surface area contributed by atoms with Crippen LogP contribution in [0.25, 0.3) is 0 Å². The first-order chi connectivity index (χ1) is 8.86. The lowest BCUT2D eigenvalue weighted by atomic mass is 10.1. The van der Waals surface area contributed by atoms with E-state index in [9.17, 15) is 4.79 Å². The molecule has 0 bridgehead atoms. The van der Waals surface area contributed by atoms with Crippen LogP contribution in [-0.2, 0) is 4.74 Å².